The molecule has 106 valence electrons. The summed E-state index contributed by atoms with van der Waals surface area (Å²) in [6.45, 7) is 0. The molecule has 0 saturated heterocycles. The molecule has 0 unspecified atom stereocenters. The van der Waals surface area contributed by atoms with E-state index in [9.17, 15) is 9.18 Å². The van der Waals surface area contributed by atoms with Crippen molar-refractivity contribution in [2.45, 2.75) is 0 Å². The predicted molar refractivity (Wildman–Crippen MR) is 88.1 cm³/mol. The van der Waals surface area contributed by atoms with E-state index in [1.165, 1.54) is 12.1 Å². The molecule has 0 aliphatic heterocycles. The first-order valence-corrected chi connectivity index (χ1v) is 7.67. The monoisotopic (exact) mass is 410 g/mol. The van der Waals surface area contributed by atoms with Crippen molar-refractivity contribution < 1.29 is 9.18 Å². The van der Waals surface area contributed by atoms with Crippen molar-refractivity contribution >= 4 is 54.4 Å². The zero-order chi connectivity index (χ0) is 15.0. The van der Waals surface area contributed by atoms with Crippen molar-refractivity contribution in [3.05, 3.63) is 62.9 Å². The number of hydrogen-bond acceptors (Lipinski definition) is 1. The summed E-state index contributed by atoms with van der Waals surface area (Å²) in [5.74, 6) is -0.899. The number of anilines is 1. The maximum Gasteiger partial charge on any atom is 0.273 e. The Kier molecular flexibility index (Phi) is 3.82. The summed E-state index contributed by atoms with van der Waals surface area (Å²) in [5, 5.41) is 3.46. The first-order chi connectivity index (χ1) is 10.1. The lowest BCUT2D eigenvalue weighted by molar-refractivity contribution is 0.102. The summed E-state index contributed by atoms with van der Waals surface area (Å²) in [7, 11) is 0. The molecule has 1 amide bonds. The highest BCUT2D eigenvalue weighted by Gasteiger charge is 2.17. The molecule has 0 fully saturated rings. The molecule has 0 radical (unpaired) electrons. The number of halogens is 3. The number of carbonyl (C=O) groups excluding carboxylic acids is 1. The molecule has 1 aromatic heterocycles. The third-order valence-corrected chi connectivity index (χ3v) is 4.37. The van der Waals surface area contributed by atoms with Crippen LogP contribution in [0, 0.1) is 5.82 Å². The highest BCUT2D eigenvalue weighted by Crippen LogP contribution is 2.28. The fourth-order valence-corrected chi connectivity index (χ4v) is 3.00. The Labute approximate surface area is 136 Å². The van der Waals surface area contributed by atoms with Gasteiger partial charge in [0.25, 0.3) is 5.91 Å². The number of nitrogens with one attached hydrogen (secondary N) is 2. The van der Waals surface area contributed by atoms with E-state index in [0.717, 1.165) is 10.9 Å². The summed E-state index contributed by atoms with van der Waals surface area (Å²) in [6.07, 6.45) is 0. The second-order valence-corrected chi connectivity index (χ2v) is 6.15. The van der Waals surface area contributed by atoms with Crippen LogP contribution in [0.4, 0.5) is 10.1 Å². The fraction of sp³-hybridized carbons (Fsp3) is 0. The first-order valence-electron chi connectivity index (χ1n) is 6.09. The van der Waals surface area contributed by atoms with Gasteiger partial charge in [-0.05, 0) is 40.2 Å². The number of rotatable bonds is 2. The molecule has 21 heavy (non-hydrogen) atoms. The van der Waals surface area contributed by atoms with Gasteiger partial charge in [-0.25, -0.2) is 4.39 Å². The average Bonchev–Trinajstić information content (AvgIpc) is 2.80. The van der Waals surface area contributed by atoms with Gasteiger partial charge in [0.2, 0.25) is 0 Å². The van der Waals surface area contributed by atoms with Gasteiger partial charge in [0.05, 0.1) is 10.2 Å². The quantitative estimate of drug-likeness (QED) is 0.606. The molecular formula is C15H9Br2FN2O. The Morgan fingerprint density at radius 3 is 2.62 bits per heavy atom. The van der Waals surface area contributed by atoms with Crippen LogP contribution in [0.1, 0.15) is 10.5 Å². The normalized spacial score (nSPS) is 10.8. The molecule has 3 aromatic rings. The lowest BCUT2D eigenvalue weighted by atomic mass is 10.2. The standard InChI is InChI=1S/C15H9Br2FN2O/c16-8-5-6-12(10(18)7-8)20-15(21)14-13(17)9-3-1-2-4-11(9)19-14/h1-7,19H,(H,20,21). The van der Waals surface area contributed by atoms with Crippen molar-refractivity contribution in [3.8, 4) is 0 Å². The summed E-state index contributed by atoms with van der Waals surface area (Å²) in [4.78, 5) is 15.3. The first kappa shape index (κ1) is 14.3. The van der Waals surface area contributed by atoms with Crippen LogP contribution in [0.2, 0.25) is 0 Å². The number of H-pyrrole nitrogens is 1. The number of carbonyl (C=O) groups is 1. The van der Waals surface area contributed by atoms with E-state index in [2.05, 4.69) is 42.2 Å². The molecule has 2 aromatic carbocycles. The number of fused-ring (bicyclic) bond motifs is 1. The lowest BCUT2D eigenvalue weighted by Gasteiger charge is -2.06. The molecule has 0 spiro atoms. The topological polar surface area (TPSA) is 44.9 Å². The molecule has 2 N–H and O–H groups in total. The number of benzene rings is 2. The Bertz CT molecular complexity index is 845. The van der Waals surface area contributed by atoms with Gasteiger partial charge in [-0.1, -0.05) is 34.1 Å². The van der Waals surface area contributed by atoms with E-state index in [0.29, 0.717) is 14.6 Å². The molecule has 1 heterocycles. The van der Waals surface area contributed by atoms with Crippen molar-refractivity contribution in [1.82, 2.24) is 4.98 Å². The van der Waals surface area contributed by atoms with Crippen molar-refractivity contribution in [3.63, 3.8) is 0 Å². The number of hydrogen-bond donors (Lipinski definition) is 2. The van der Waals surface area contributed by atoms with Gasteiger partial charge in [0.15, 0.2) is 0 Å². The van der Waals surface area contributed by atoms with Crippen molar-refractivity contribution in [2.75, 3.05) is 5.32 Å². The summed E-state index contributed by atoms with van der Waals surface area (Å²) in [6, 6.07) is 12.0. The van der Waals surface area contributed by atoms with Crippen LogP contribution in [-0.4, -0.2) is 10.9 Å². The van der Waals surface area contributed by atoms with E-state index in [1.807, 2.05) is 24.3 Å². The fourth-order valence-electron chi connectivity index (χ4n) is 2.04. The number of aromatic nitrogens is 1. The highest BCUT2D eigenvalue weighted by molar-refractivity contribution is 9.11. The minimum atomic E-state index is -0.495. The Morgan fingerprint density at radius 1 is 1.14 bits per heavy atom. The van der Waals surface area contributed by atoms with Crippen LogP contribution in [0.25, 0.3) is 10.9 Å². The third kappa shape index (κ3) is 2.73. The molecule has 0 saturated carbocycles. The molecule has 6 heteroatoms. The van der Waals surface area contributed by atoms with Crippen LogP contribution in [-0.2, 0) is 0 Å². The van der Waals surface area contributed by atoms with E-state index >= 15 is 0 Å². The van der Waals surface area contributed by atoms with Crippen LogP contribution in [0.15, 0.2) is 51.4 Å². The SMILES string of the molecule is O=C(Nc1ccc(Br)cc1F)c1[nH]c2ccccc2c1Br. The molecule has 0 aliphatic carbocycles. The summed E-state index contributed by atoms with van der Waals surface area (Å²) < 4.78 is 15.0. The predicted octanol–water partition coefficient (Wildman–Crippen LogP) is 5.08. The van der Waals surface area contributed by atoms with Gasteiger partial charge in [0, 0.05) is 15.4 Å². The van der Waals surface area contributed by atoms with E-state index in [1.54, 1.807) is 6.07 Å². The number of amides is 1. The van der Waals surface area contributed by atoms with Crippen LogP contribution in [0.3, 0.4) is 0 Å². The van der Waals surface area contributed by atoms with Crippen LogP contribution in [0.5, 0.6) is 0 Å². The second kappa shape index (κ2) is 5.61. The number of para-hydroxylation sites is 1. The van der Waals surface area contributed by atoms with E-state index in [4.69, 9.17) is 0 Å². The molecule has 3 rings (SSSR count). The molecule has 0 aliphatic rings. The number of aromatic amines is 1. The maximum absolute atomic E-state index is 13.8. The van der Waals surface area contributed by atoms with Gasteiger partial charge < -0.3 is 10.3 Å². The zero-order valence-electron chi connectivity index (χ0n) is 10.6. The maximum atomic E-state index is 13.8. The smallest absolute Gasteiger partial charge is 0.273 e. The van der Waals surface area contributed by atoms with Gasteiger partial charge >= 0.3 is 0 Å². The van der Waals surface area contributed by atoms with Crippen LogP contribution >= 0.6 is 31.9 Å². The molecule has 0 atom stereocenters. The van der Waals surface area contributed by atoms with Gasteiger partial charge in [-0.15, -0.1) is 0 Å². The van der Waals surface area contributed by atoms with Gasteiger partial charge in [-0.2, -0.15) is 0 Å². The Hall–Kier alpha value is -1.66. The second-order valence-electron chi connectivity index (χ2n) is 4.44. The summed E-state index contributed by atoms with van der Waals surface area (Å²) in [5.41, 5.74) is 1.33. The Morgan fingerprint density at radius 2 is 1.90 bits per heavy atom. The average molecular weight is 412 g/mol. The zero-order valence-corrected chi connectivity index (χ0v) is 13.8. The van der Waals surface area contributed by atoms with E-state index < -0.39 is 11.7 Å². The lowest BCUT2D eigenvalue weighted by Crippen LogP contribution is -2.13. The van der Waals surface area contributed by atoms with Gasteiger partial charge in [-0.3, -0.25) is 4.79 Å². The Balaban J connectivity index is 1.95. The van der Waals surface area contributed by atoms with Crippen molar-refractivity contribution in [1.29, 1.82) is 0 Å². The minimum Gasteiger partial charge on any atom is -0.350 e. The highest BCUT2D eigenvalue weighted by atomic mass is 79.9. The van der Waals surface area contributed by atoms with E-state index in [-0.39, 0.29) is 5.69 Å². The largest absolute Gasteiger partial charge is 0.350 e. The van der Waals surface area contributed by atoms with Crippen molar-refractivity contribution in [2.24, 2.45) is 0 Å². The molecule has 3 nitrogen and oxygen atoms in total. The van der Waals surface area contributed by atoms with Crippen LogP contribution < -0.4 is 5.32 Å². The van der Waals surface area contributed by atoms with Gasteiger partial charge in [0.1, 0.15) is 11.5 Å². The third-order valence-electron chi connectivity index (χ3n) is 3.05. The minimum absolute atomic E-state index is 0.133. The molecular weight excluding hydrogens is 403 g/mol. The summed E-state index contributed by atoms with van der Waals surface area (Å²) >= 11 is 6.58. The molecule has 0 bridgehead atoms.